The number of hydrogen-bond acceptors (Lipinski definition) is 0. The van der Waals surface area contributed by atoms with Gasteiger partial charge in [0.15, 0.2) is 0 Å². The average molecular weight is 205 g/mol. The van der Waals surface area contributed by atoms with E-state index in [0.29, 0.717) is 0 Å². The fourth-order valence-electron chi connectivity index (χ4n) is 1.33. The molecule has 0 aromatic rings. The normalized spacial score (nSPS) is 28.3. The van der Waals surface area contributed by atoms with E-state index in [4.69, 9.17) is 0 Å². The average Bonchev–Trinajstić information content (AvgIpc) is 1.84. The molecule has 1 rings (SSSR count). The van der Waals surface area contributed by atoms with E-state index in [1.54, 1.807) is 21.7 Å². The van der Waals surface area contributed by atoms with Crippen LogP contribution in [0.2, 0.25) is 18.8 Å². The van der Waals surface area contributed by atoms with Gasteiger partial charge in [-0.2, -0.15) is 0 Å². The van der Waals surface area contributed by atoms with Crippen LogP contribution in [-0.2, 0) is 0 Å². The zero-order chi connectivity index (χ0) is 5.33. The Morgan fingerprint density at radius 2 is 1.43 bits per heavy atom. The molecule has 0 aromatic heterocycles. The first kappa shape index (κ1) is 5.93. The summed E-state index contributed by atoms with van der Waals surface area (Å²) in [6, 6.07) is 0. The van der Waals surface area contributed by atoms with Gasteiger partial charge in [-0.15, -0.1) is 0 Å². The summed E-state index contributed by atoms with van der Waals surface area (Å²) in [5.74, 6) is 0. The van der Waals surface area contributed by atoms with E-state index < -0.39 is 18.4 Å². The molecule has 1 saturated heterocycles. The van der Waals surface area contributed by atoms with Crippen molar-refractivity contribution in [1.82, 2.24) is 0 Å². The van der Waals surface area contributed by atoms with Crippen LogP contribution in [0.25, 0.3) is 0 Å². The first-order chi connectivity index (χ1) is 3.21. The van der Waals surface area contributed by atoms with Crippen molar-refractivity contribution in [2.45, 2.75) is 31.6 Å². The fourth-order valence-corrected chi connectivity index (χ4v) is 8.94. The summed E-state index contributed by atoms with van der Waals surface area (Å²) in [5.41, 5.74) is 0. The fraction of sp³-hybridized carbons (Fsp3) is 1.00. The van der Waals surface area contributed by atoms with E-state index in [-0.39, 0.29) is 0 Å². The van der Waals surface area contributed by atoms with Gasteiger partial charge in [-0.25, -0.2) is 0 Å². The van der Waals surface area contributed by atoms with Crippen LogP contribution in [-0.4, -0.2) is 18.4 Å². The van der Waals surface area contributed by atoms with Crippen LogP contribution in [0, 0.1) is 0 Å². The molecule has 0 aromatic carbocycles. The molecule has 1 fully saturated rings. The Balaban J connectivity index is 2.40. The SMILES string of the molecule is [CH3][Sn]1([CH3])[CH2]CC[CH2]1. The Kier molecular flexibility index (Phi) is 1.66. The molecule has 0 nitrogen and oxygen atoms in total. The second-order valence-electron chi connectivity index (χ2n) is 3.37. The zero-order valence-corrected chi connectivity index (χ0v) is 8.18. The molecule has 42 valence electrons. The minimum absolute atomic E-state index is 1.17. The van der Waals surface area contributed by atoms with Crippen LogP contribution in [0.5, 0.6) is 0 Å². The molecule has 1 heterocycles. The maximum atomic E-state index is 2.57. The van der Waals surface area contributed by atoms with Gasteiger partial charge in [-0.3, -0.25) is 0 Å². The quantitative estimate of drug-likeness (QED) is 0.532. The van der Waals surface area contributed by atoms with Gasteiger partial charge >= 0.3 is 50.0 Å². The Hall–Kier alpha value is 0.799. The van der Waals surface area contributed by atoms with E-state index in [2.05, 4.69) is 9.88 Å². The predicted molar refractivity (Wildman–Crippen MR) is 36.3 cm³/mol. The molecule has 0 spiro atoms. The Morgan fingerprint density at radius 3 is 1.57 bits per heavy atom. The van der Waals surface area contributed by atoms with Crippen LogP contribution in [0.3, 0.4) is 0 Å². The molecule has 1 heteroatoms. The minimum atomic E-state index is -1.17. The van der Waals surface area contributed by atoms with Crippen LogP contribution in [0.1, 0.15) is 12.8 Å². The molecular weight excluding hydrogens is 191 g/mol. The third-order valence-electron chi connectivity index (χ3n) is 1.96. The molecule has 0 N–H and O–H groups in total. The van der Waals surface area contributed by atoms with Crippen molar-refractivity contribution in [2.75, 3.05) is 0 Å². The summed E-state index contributed by atoms with van der Waals surface area (Å²) in [6.07, 6.45) is 3.12. The van der Waals surface area contributed by atoms with Crippen molar-refractivity contribution in [2.24, 2.45) is 0 Å². The summed E-state index contributed by atoms with van der Waals surface area (Å²) in [4.78, 5) is 5.14. The molecule has 0 radical (unpaired) electrons. The van der Waals surface area contributed by atoms with E-state index in [9.17, 15) is 0 Å². The number of hydrogen-bond donors (Lipinski definition) is 0. The molecule has 1 aliphatic heterocycles. The molecule has 0 amide bonds. The summed E-state index contributed by atoms with van der Waals surface area (Å²) in [6.45, 7) is 0. The first-order valence-electron chi connectivity index (χ1n) is 3.21. The Labute approximate surface area is 50.2 Å². The van der Waals surface area contributed by atoms with Crippen molar-refractivity contribution in [3.05, 3.63) is 0 Å². The van der Waals surface area contributed by atoms with Gasteiger partial charge in [0.25, 0.3) is 0 Å². The molecule has 0 saturated carbocycles. The van der Waals surface area contributed by atoms with E-state index in [0.717, 1.165) is 0 Å². The summed E-state index contributed by atoms with van der Waals surface area (Å²) >= 11 is -1.17. The first-order valence-corrected chi connectivity index (χ1v) is 13.0. The second-order valence-corrected chi connectivity index (χ2v) is 18.6. The standard InChI is InChI=1S/C4H8.2CH3.Sn/c1-3-4-2;;;/h1-4H2;2*1H3;. The van der Waals surface area contributed by atoms with Crippen LogP contribution >= 0.6 is 0 Å². The summed E-state index contributed by atoms with van der Waals surface area (Å²) in [5, 5.41) is 0. The van der Waals surface area contributed by atoms with Gasteiger partial charge in [0.1, 0.15) is 0 Å². The third-order valence-corrected chi connectivity index (χ3v) is 11.7. The van der Waals surface area contributed by atoms with Crippen LogP contribution < -0.4 is 0 Å². The van der Waals surface area contributed by atoms with Gasteiger partial charge in [-0.05, 0) is 0 Å². The molecule has 0 bridgehead atoms. The number of rotatable bonds is 0. The molecule has 1 aliphatic rings. The third kappa shape index (κ3) is 1.63. The second kappa shape index (κ2) is 1.96. The predicted octanol–water partition coefficient (Wildman–Crippen LogP) is 2.49. The van der Waals surface area contributed by atoms with Gasteiger partial charge in [0, 0.05) is 0 Å². The van der Waals surface area contributed by atoms with E-state index in [1.165, 1.54) is 0 Å². The van der Waals surface area contributed by atoms with Crippen molar-refractivity contribution in [1.29, 1.82) is 0 Å². The maximum absolute atomic E-state index is 2.57. The molecule has 0 atom stereocenters. The van der Waals surface area contributed by atoms with Gasteiger partial charge in [0.2, 0.25) is 0 Å². The Morgan fingerprint density at radius 1 is 1.00 bits per heavy atom. The van der Waals surface area contributed by atoms with Crippen LogP contribution in [0.15, 0.2) is 0 Å². The van der Waals surface area contributed by atoms with E-state index >= 15 is 0 Å². The van der Waals surface area contributed by atoms with Crippen molar-refractivity contribution in [3.8, 4) is 0 Å². The molecule has 0 aliphatic carbocycles. The topological polar surface area (TPSA) is 0 Å². The summed E-state index contributed by atoms with van der Waals surface area (Å²) < 4.78 is 3.32. The van der Waals surface area contributed by atoms with Gasteiger partial charge in [-0.1, -0.05) is 0 Å². The van der Waals surface area contributed by atoms with Crippen molar-refractivity contribution >= 4 is 18.4 Å². The van der Waals surface area contributed by atoms with Gasteiger partial charge in [0.05, 0.1) is 0 Å². The van der Waals surface area contributed by atoms with E-state index in [1.807, 2.05) is 0 Å². The van der Waals surface area contributed by atoms with Gasteiger partial charge < -0.3 is 0 Å². The monoisotopic (exact) mass is 206 g/mol. The molecular formula is C6H14Sn. The molecule has 7 heavy (non-hydrogen) atoms. The summed E-state index contributed by atoms with van der Waals surface area (Å²) in [7, 11) is 0. The van der Waals surface area contributed by atoms with Crippen LogP contribution in [0.4, 0.5) is 0 Å². The van der Waals surface area contributed by atoms with Crippen molar-refractivity contribution < 1.29 is 0 Å². The molecule has 0 unspecified atom stereocenters. The zero-order valence-electron chi connectivity index (χ0n) is 5.33. The Bertz CT molecular complexity index is 58.6. The van der Waals surface area contributed by atoms with Crippen molar-refractivity contribution in [3.63, 3.8) is 0 Å².